The molecule has 0 radical (unpaired) electrons. The lowest BCUT2D eigenvalue weighted by molar-refractivity contribution is -0.143. The van der Waals surface area contributed by atoms with E-state index in [1.165, 1.54) is 7.11 Å². The Bertz CT molecular complexity index is 337. The molecule has 2 atom stereocenters. The van der Waals surface area contributed by atoms with Gasteiger partial charge in [-0.3, -0.25) is 4.79 Å². The van der Waals surface area contributed by atoms with E-state index in [0.29, 0.717) is 18.9 Å². The fraction of sp³-hybridized carbons (Fsp3) is 0.867. The van der Waals surface area contributed by atoms with E-state index in [0.717, 1.165) is 0 Å². The van der Waals surface area contributed by atoms with Gasteiger partial charge in [0.05, 0.1) is 7.11 Å². The fourth-order valence-corrected chi connectivity index (χ4v) is 1.80. The van der Waals surface area contributed by atoms with Gasteiger partial charge in [0.1, 0.15) is 11.6 Å². The Balaban J connectivity index is 4.28. The highest BCUT2D eigenvalue weighted by molar-refractivity contribution is 5.75. The van der Waals surface area contributed by atoms with Gasteiger partial charge in [0.15, 0.2) is 0 Å². The first-order valence-corrected chi connectivity index (χ1v) is 7.36. The Morgan fingerprint density at radius 2 is 1.71 bits per heavy atom. The van der Waals surface area contributed by atoms with Crippen molar-refractivity contribution in [2.24, 2.45) is 5.92 Å². The minimum Gasteiger partial charge on any atom is -0.468 e. The van der Waals surface area contributed by atoms with E-state index in [1.807, 2.05) is 41.5 Å². The van der Waals surface area contributed by atoms with Crippen molar-refractivity contribution in [3.05, 3.63) is 0 Å². The molecule has 0 saturated heterocycles. The monoisotopic (exact) mass is 302 g/mol. The maximum absolute atomic E-state index is 11.7. The summed E-state index contributed by atoms with van der Waals surface area (Å²) >= 11 is 0. The molecule has 21 heavy (non-hydrogen) atoms. The van der Waals surface area contributed by atoms with E-state index >= 15 is 0 Å². The molecule has 0 spiro atoms. The summed E-state index contributed by atoms with van der Waals surface area (Å²) in [5.41, 5.74) is -0.521. The first-order valence-electron chi connectivity index (χ1n) is 7.36. The summed E-state index contributed by atoms with van der Waals surface area (Å²) in [6.45, 7) is 11.8. The maximum atomic E-state index is 11.7. The molecule has 0 aromatic rings. The maximum Gasteiger partial charge on any atom is 0.407 e. The minimum atomic E-state index is -0.521. The average Bonchev–Trinajstić information content (AvgIpc) is 2.32. The number of rotatable bonds is 7. The van der Waals surface area contributed by atoms with E-state index < -0.39 is 11.7 Å². The van der Waals surface area contributed by atoms with Crippen LogP contribution in [0.5, 0.6) is 0 Å². The largest absolute Gasteiger partial charge is 0.468 e. The lowest BCUT2D eigenvalue weighted by Crippen LogP contribution is -2.48. The average molecular weight is 302 g/mol. The molecule has 0 aliphatic heterocycles. The number of alkyl carbamates (subject to hydrolysis) is 1. The lowest BCUT2D eigenvalue weighted by atomic mass is 10.0. The third kappa shape index (κ3) is 10.1. The highest BCUT2D eigenvalue weighted by Crippen LogP contribution is 2.08. The normalized spacial score (nSPS) is 14.5. The highest BCUT2D eigenvalue weighted by Gasteiger charge is 2.23. The van der Waals surface area contributed by atoms with Crippen molar-refractivity contribution in [3.8, 4) is 0 Å². The number of carbonyl (C=O) groups is 2. The van der Waals surface area contributed by atoms with Gasteiger partial charge in [0.25, 0.3) is 0 Å². The van der Waals surface area contributed by atoms with Crippen molar-refractivity contribution in [3.63, 3.8) is 0 Å². The SMILES string of the molecule is COC(=O)C(CC(C)C)NC(C)CNC(=O)OC(C)(C)C. The molecule has 0 aliphatic rings. The summed E-state index contributed by atoms with van der Waals surface area (Å²) in [6, 6.07) is -0.439. The summed E-state index contributed by atoms with van der Waals surface area (Å²) in [5, 5.41) is 5.85. The van der Waals surface area contributed by atoms with Gasteiger partial charge in [0.2, 0.25) is 0 Å². The Hall–Kier alpha value is -1.30. The van der Waals surface area contributed by atoms with Crippen LogP contribution in [-0.2, 0) is 14.3 Å². The van der Waals surface area contributed by atoms with Crippen LogP contribution in [-0.4, -0.2) is 43.4 Å². The molecular weight excluding hydrogens is 272 g/mol. The van der Waals surface area contributed by atoms with E-state index in [-0.39, 0.29) is 18.1 Å². The van der Waals surface area contributed by atoms with Crippen molar-refractivity contribution >= 4 is 12.1 Å². The Morgan fingerprint density at radius 3 is 2.14 bits per heavy atom. The number of hydrogen-bond acceptors (Lipinski definition) is 5. The van der Waals surface area contributed by atoms with E-state index in [4.69, 9.17) is 9.47 Å². The Morgan fingerprint density at radius 1 is 1.14 bits per heavy atom. The highest BCUT2D eigenvalue weighted by atomic mass is 16.6. The molecule has 0 heterocycles. The standard InChI is InChI=1S/C15H30N2O4/c1-10(2)8-12(13(18)20-7)17-11(3)9-16-14(19)21-15(4,5)6/h10-12,17H,8-9H2,1-7H3,(H,16,19). The van der Waals surface area contributed by atoms with Crippen molar-refractivity contribution < 1.29 is 19.1 Å². The molecule has 0 aromatic heterocycles. The molecule has 0 aliphatic carbocycles. The number of amides is 1. The molecule has 0 fully saturated rings. The Labute approximate surface area is 127 Å². The first kappa shape index (κ1) is 19.7. The molecule has 124 valence electrons. The molecule has 6 heteroatoms. The zero-order chi connectivity index (χ0) is 16.6. The van der Waals surface area contributed by atoms with Gasteiger partial charge in [-0.1, -0.05) is 13.8 Å². The molecule has 2 unspecified atom stereocenters. The molecule has 0 saturated carbocycles. The minimum absolute atomic E-state index is 0.0691. The predicted molar refractivity (Wildman–Crippen MR) is 82.1 cm³/mol. The second-order valence-corrected chi connectivity index (χ2v) is 6.66. The van der Waals surface area contributed by atoms with Crippen LogP contribution in [0.4, 0.5) is 4.79 Å². The van der Waals surface area contributed by atoms with Crippen LogP contribution in [0.25, 0.3) is 0 Å². The topological polar surface area (TPSA) is 76.7 Å². The molecule has 2 N–H and O–H groups in total. The van der Waals surface area contributed by atoms with E-state index in [2.05, 4.69) is 10.6 Å². The van der Waals surface area contributed by atoms with Crippen LogP contribution in [0.1, 0.15) is 48.0 Å². The van der Waals surface area contributed by atoms with Crippen molar-refractivity contribution in [1.82, 2.24) is 10.6 Å². The number of nitrogens with one attached hydrogen (secondary N) is 2. The molecule has 0 bridgehead atoms. The second-order valence-electron chi connectivity index (χ2n) is 6.66. The first-order chi connectivity index (χ1) is 9.55. The van der Waals surface area contributed by atoms with Gasteiger partial charge in [0, 0.05) is 12.6 Å². The van der Waals surface area contributed by atoms with Gasteiger partial charge >= 0.3 is 12.1 Å². The van der Waals surface area contributed by atoms with Crippen molar-refractivity contribution in [2.75, 3.05) is 13.7 Å². The molecule has 0 rings (SSSR count). The number of methoxy groups -OCH3 is 1. The number of esters is 1. The smallest absolute Gasteiger partial charge is 0.407 e. The van der Waals surface area contributed by atoms with Crippen LogP contribution in [0.3, 0.4) is 0 Å². The lowest BCUT2D eigenvalue weighted by Gasteiger charge is -2.24. The third-order valence-electron chi connectivity index (χ3n) is 2.63. The summed E-state index contributed by atoms with van der Waals surface area (Å²) in [6.07, 6.45) is 0.221. The van der Waals surface area contributed by atoms with Crippen LogP contribution < -0.4 is 10.6 Å². The summed E-state index contributed by atoms with van der Waals surface area (Å²) in [7, 11) is 1.38. The van der Waals surface area contributed by atoms with Crippen LogP contribution >= 0.6 is 0 Å². The summed E-state index contributed by atoms with van der Waals surface area (Å²) in [5.74, 6) is 0.0837. The number of ether oxygens (including phenoxy) is 2. The van der Waals surface area contributed by atoms with Gasteiger partial charge in [-0.05, 0) is 40.0 Å². The van der Waals surface area contributed by atoms with Gasteiger partial charge in [-0.2, -0.15) is 0 Å². The summed E-state index contributed by atoms with van der Waals surface area (Å²) in [4.78, 5) is 23.3. The molecule has 0 aromatic carbocycles. The van der Waals surface area contributed by atoms with Gasteiger partial charge in [-0.15, -0.1) is 0 Å². The number of carbonyl (C=O) groups excluding carboxylic acids is 2. The van der Waals surface area contributed by atoms with Crippen LogP contribution in [0.2, 0.25) is 0 Å². The molecule has 1 amide bonds. The summed E-state index contributed by atoms with van der Waals surface area (Å²) < 4.78 is 9.95. The Kier molecular flexibility index (Phi) is 8.32. The molecular formula is C15H30N2O4. The van der Waals surface area contributed by atoms with Crippen LogP contribution in [0, 0.1) is 5.92 Å². The van der Waals surface area contributed by atoms with Gasteiger partial charge < -0.3 is 20.1 Å². The third-order valence-corrected chi connectivity index (χ3v) is 2.63. The van der Waals surface area contributed by atoms with E-state index in [1.54, 1.807) is 0 Å². The fourth-order valence-electron chi connectivity index (χ4n) is 1.80. The van der Waals surface area contributed by atoms with Crippen LogP contribution in [0.15, 0.2) is 0 Å². The van der Waals surface area contributed by atoms with Crippen molar-refractivity contribution in [1.29, 1.82) is 0 Å². The zero-order valence-corrected chi connectivity index (χ0v) is 14.3. The second kappa shape index (κ2) is 8.87. The zero-order valence-electron chi connectivity index (χ0n) is 14.3. The number of hydrogen-bond donors (Lipinski definition) is 2. The predicted octanol–water partition coefficient (Wildman–Crippen LogP) is 2.08. The quantitative estimate of drug-likeness (QED) is 0.704. The van der Waals surface area contributed by atoms with Crippen molar-refractivity contribution in [2.45, 2.75) is 65.6 Å². The molecule has 6 nitrogen and oxygen atoms in total. The van der Waals surface area contributed by atoms with Gasteiger partial charge in [-0.25, -0.2) is 4.79 Å². The van der Waals surface area contributed by atoms with E-state index in [9.17, 15) is 9.59 Å².